The van der Waals surface area contributed by atoms with Gasteiger partial charge in [0.1, 0.15) is 0 Å². The average Bonchev–Trinajstić information content (AvgIpc) is 1.50. The van der Waals surface area contributed by atoms with E-state index in [9.17, 15) is 0 Å². The second kappa shape index (κ2) is 30.2. The molecule has 22 aromatic carbocycles. The molecule has 134 heavy (non-hydrogen) atoms. The number of para-hydroxylation sites is 1. The topological polar surface area (TPSA) is 16.3 Å². The molecule has 0 atom stereocenters. The van der Waals surface area contributed by atoms with Gasteiger partial charge >= 0.3 is 0 Å². The summed E-state index contributed by atoms with van der Waals surface area (Å²) in [7, 11) is 0. The van der Waals surface area contributed by atoms with Crippen molar-refractivity contribution >= 4 is 110 Å². The number of rotatable bonds is 14. The minimum atomic E-state index is -0.532. The van der Waals surface area contributed by atoms with Gasteiger partial charge in [-0.25, -0.2) is 0 Å². The van der Waals surface area contributed by atoms with Gasteiger partial charge in [0.15, 0.2) is 0 Å². The summed E-state index contributed by atoms with van der Waals surface area (Å²) in [4.78, 5) is 4.93. The van der Waals surface area contributed by atoms with Crippen LogP contribution in [0.5, 0.6) is 0 Å². The molecule has 0 fully saturated rings. The molecule has 4 heteroatoms. The Labute approximate surface area is 778 Å². The molecule has 27 rings (SSSR count). The molecule has 0 N–H and O–H groups in total. The third-order valence-corrected chi connectivity index (χ3v) is 29.4. The lowest BCUT2D eigenvalue weighted by atomic mass is 9.70. The molecular formula is C130H86N4. The van der Waals surface area contributed by atoms with Crippen molar-refractivity contribution in [1.29, 1.82) is 0 Å². The fourth-order valence-electron chi connectivity index (χ4n) is 23.1. The highest BCUT2D eigenvalue weighted by molar-refractivity contribution is 6.14. The lowest BCUT2D eigenvalue weighted by Gasteiger charge is -2.32. The number of hydrogen-bond acceptors (Lipinski definition) is 2. The van der Waals surface area contributed by atoms with Crippen LogP contribution in [0.2, 0.25) is 0 Å². The van der Waals surface area contributed by atoms with Crippen LogP contribution in [0.4, 0.5) is 34.1 Å². The van der Waals surface area contributed by atoms with Gasteiger partial charge in [0.25, 0.3) is 0 Å². The summed E-state index contributed by atoms with van der Waals surface area (Å²) in [5.41, 5.74) is 42.5. The Morgan fingerprint density at radius 3 is 1.20 bits per heavy atom. The molecule has 0 unspecified atom stereocenters. The number of aromatic nitrogens is 2. The maximum atomic E-state index is 2.52. The van der Waals surface area contributed by atoms with Gasteiger partial charge < -0.3 is 18.9 Å². The first-order valence-electron chi connectivity index (χ1n) is 46.6. The van der Waals surface area contributed by atoms with Crippen molar-refractivity contribution in [3.05, 3.63) is 519 Å². The van der Waals surface area contributed by atoms with E-state index in [0.717, 1.165) is 112 Å². The molecule has 3 aliphatic rings. The van der Waals surface area contributed by atoms with Crippen molar-refractivity contribution in [2.45, 2.75) is 24.7 Å². The van der Waals surface area contributed by atoms with E-state index < -0.39 is 5.41 Å². The van der Waals surface area contributed by atoms with E-state index in [1.165, 1.54) is 143 Å². The van der Waals surface area contributed by atoms with Crippen molar-refractivity contribution in [3.8, 4) is 112 Å². The molecule has 0 bridgehead atoms. The van der Waals surface area contributed by atoms with E-state index in [2.05, 4.69) is 518 Å². The van der Waals surface area contributed by atoms with Crippen molar-refractivity contribution in [3.63, 3.8) is 0 Å². The van der Waals surface area contributed by atoms with Gasteiger partial charge in [0, 0.05) is 72.2 Å². The molecule has 626 valence electrons. The Kier molecular flexibility index (Phi) is 17.3. The van der Waals surface area contributed by atoms with Crippen LogP contribution in [0.25, 0.3) is 187 Å². The number of anilines is 6. The molecular weight excluding hydrogens is 1620 g/mol. The standard InChI is InChI=1S/C130H86N4/c1-129(2)118-42-15-10-37-108(118)112-68-65-105(81-122(112)129)131(103-63-54-84-26-6-7-28-92(84)75-103)100-59-52-86(53-60-100)88-30-20-32-90(72-88)97-57-70-126-117(79-97)115-67-56-99(80-128(115)133(126)101-61-50-85(51-62-101)83-24-4-3-5-25-83)94-48-49-96-77-104(64-55-95(96)74-94)132(106-66-69-113-111-40-13-18-45-121(111)130(123(113)82-106)119-43-16-11-38-109(119)110-39-12-17-44-120(110)130)102-35-22-34-93(76-102)89-31-21-33-91(73-89)98-58-71-127-116(78-98)114-41-14-19-46-125(114)134(127)124-47-23-29-87-27-8-9-36-107(87)124/h3-82H,1-2H3. The minimum Gasteiger partial charge on any atom is -0.310 e. The number of hydrogen-bond donors (Lipinski definition) is 0. The molecule has 2 heterocycles. The van der Waals surface area contributed by atoms with Gasteiger partial charge in [-0.15, -0.1) is 0 Å². The van der Waals surface area contributed by atoms with Crippen LogP contribution in [0, 0.1) is 0 Å². The summed E-state index contributed by atoms with van der Waals surface area (Å²) in [6.45, 7) is 4.73. The predicted octanol–water partition coefficient (Wildman–Crippen LogP) is 34.9. The van der Waals surface area contributed by atoms with E-state index in [-0.39, 0.29) is 5.41 Å². The maximum absolute atomic E-state index is 2.52. The van der Waals surface area contributed by atoms with Crippen molar-refractivity contribution in [2.75, 3.05) is 9.80 Å². The van der Waals surface area contributed by atoms with Gasteiger partial charge in [0.05, 0.1) is 33.2 Å². The van der Waals surface area contributed by atoms with Crippen molar-refractivity contribution in [1.82, 2.24) is 9.13 Å². The van der Waals surface area contributed by atoms with Gasteiger partial charge in [0.2, 0.25) is 0 Å². The normalized spacial score (nSPS) is 13.0. The first kappa shape index (κ1) is 76.8. The van der Waals surface area contributed by atoms with E-state index >= 15 is 0 Å². The van der Waals surface area contributed by atoms with Crippen LogP contribution >= 0.6 is 0 Å². The van der Waals surface area contributed by atoms with Crippen LogP contribution in [-0.4, -0.2) is 9.13 Å². The third kappa shape index (κ3) is 12.0. The highest BCUT2D eigenvalue weighted by Crippen LogP contribution is 2.64. The quantitative estimate of drug-likeness (QED) is 0.108. The summed E-state index contributed by atoms with van der Waals surface area (Å²) in [5.74, 6) is 0. The van der Waals surface area contributed by atoms with Crippen molar-refractivity contribution in [2.24, 2.45) is 0 Å². The zero-order valence-corrected chi connectivity index (χ0v) is 74.0. The molecule has 3 aliphatic carbocycles. The lowest BCUT2D eigenvalue weighted by Crippen LogP contribution is -2.26. The van der Waals surface area contributed by atoms with E-state index in [0.29, 0.717) is 0 Å². The van der Waals surface area contributed by atoms with Gasteiger partial charge in [-0.05, 0) is 306 Å². The SMILES string of the molecule is CC1(C)c2ccccc2-c2ccc(N(c3ccc(-c4cccc(-c5ccc6c(c5)c5ccc(-c7ccc8cc(N(c9cccc(-c%10cccc(-c%11ccc%12c(c%11)c%11ccccc%11n%12-c%11cccc%12ccccc%11%12)c%10)c9)c9ccc%10c(c9)C9(c%11ccccc%11-c%11ccccc%119)c9ccccc9-%10)ccc8c7)cc5n6-c5ccc(-c6ccccc6)cc5)c4)cc3)c3ccc4ccccc4c3)cc21. The number of nitrogens with zero attached hydrogens (tertiary/aromatic N) is 4. The van der Waals surface area contributed by atoms with Gasteiger partial charge in [-0.3, -0.25) is 0 Å². The maximum Gasteiger partial charge on any atom is 0.0726 e. The van der Waals surface area contributed by atoms with E-state index in [1.54, 1.807) is 0 Å². The molecule has 0 saturated carbocycles. The van der Waals surface area contributed by atoms with Crippen LogP contribution in [0.3, 0.4) is 0 Å². The fourth-order valence-corrected chi connectivity index (χ4v) is 23.1. The lowest BCUT2D eigenvalue weighted by molar-refractivity contribution is 0.660. The van der Waals surface area contributed by atoms with Gasteiger partial charge in [-0.1, -0.05) is 354 Å². The smallest absolute Gasteiger partial charge is 0.0726 e. The Morgan fingerprint density at radius 2 is 0.537 bits per heavy atom. The molecule has 0 saturated heterocycles. The average molecular weight is 1700 g/mol. The highest BCUT2D eigenvalue weighted by Gasteiger charge is 2.52. The second-order valence-electron chi connectivity index (χ2n) is 37.0. The highest BCUT2D eigenvalue weighted by atomic mass is 15.1. The molecule has 0 amide bonds. The minimum absolute atomic E-state index is 0.141. The second-order valence-corrected chi connectivity index (χ2v) is 37.0. The summed E-state index contributed by atoms with van der Waals surface area (Å²) in [6, 6.07) is 182. The predicted molar refractivity (Wildman–Crippen MR) is 563 cm³/mol. The summed E-state index contributed by atoms with van der Waals surface area (Å²) < 4.78 is 4.92. The Bertz CT molecular complexity index is 8920. The monoisotopic (exact) mass is 1700 g/mol. The largest absolute Gasteiger partial charge is 0.310 e. The fraction of sp³-hybridized carbons (Fsp3) is 0.0308. The zero-order chi connectivity index (χ0) is 88.4. The van der Waals surface area contributed by atoms with Crippen LogP contribution in [0.1, 0.15) is 47.2 Å². The Balaban J connectivity index is 0.552. The van der Waals surface area contributed by atoms with Crippen LogP contribution in [0.15, 0.2) is 485 Å². The van der Waals surface area contributed by atoms with Crippen LogP contribution in [-0.2, 0) is 10.8 Å². The number of fused-ring (bicyclic) bond motifs is 22. The molecule has 1 spiro atoms. The molecule has 24 aromatic rings. The Hall–Kier alpha value is -17.2. The third-order valence-electron chi connectivity index (χ3n) is 29.4. The van der Waals surface area contributed by atoms with E-state index in [4.69, 9.17) is 0 Å². The molecule has 0 radical (unpaired) electrons. The Morgan fingerprint density at radius 1 is 0.172 bits per heavy atom. The molecule has 4 nitrogen and oxygen atoms in total. The summed E-state index contributed by atoms with van der Waals surface area (Å²) in [6.07, 6.45) is 0. The molecule has 2 aromatic heterocycles. The van der Waals surface area contributed by atoms with Gasteiger partial charge in [-0.2, -0.15) is 0 Å². The van der Waals surface area contributed by atoms with Crippen LogP contribution < -0.4 is 9.80 Å². The van der Waals surface area contributed by atoms with E-state index in [1.807, 2.05) is 0 Å². The zero-order valence-electron chi connectivity index (χ0n) is 74.0. The molecule has 0 aliphatic heterocycles. The first-order valence-corrected chi connectivity index (χ1v) is 46.6. The van der Waals surface area contributed by atoms with Crippen molar-refractivity contribution < 1.29 is 0 Å². The summed E-state index contributed by atoms with van der Waals surface area (Å²) >= 11 is 0. The number of benzene rings is 22. The first-order chi connectivity index (χ1) is 66.1. The summed E-state index contributed by atoms with van der Waals surface area (Å²) in [5, 5.41) is 12.0.